The number of hydrogen-bond donors (Lipinski definition) is 0. The molecule has 3 aromatic heterocycles. The van der Waals surface area contributed by atoms with Gasteiger partial charge in [-0.25, -0.2) is 0 Å². The Morgan fingerprint density at radius 3 is 0.897 bits per heavy atom. The Bertz CT molecular complexity index is 4330. The third-order valence-electron chi connectivity index (χ3n) is 15.3. The first-order valence-corrected chi connectivity index (χ1v) is 26.6. The van der Waals surface area contributed by atoms with E-state index in [1.54, 1.807) is 0 Å². The summed E-state index contributed by atoms with van der Waals surface area (Å²) in [6.45, 7) is 0. The Hall–Kier alpha value is -10.6. The minimum Gasteiger partial charge on any atom is -0.310 e. The summed E-state index contributed by atoms with van der Waals surface area (Å²) >= 11 is 0. The fourth-order valence-corrected chi connectivity index (χ4v) is 11.9. The van der Waals surface area contributed by atoms with Crippen LogP contribution in [0.5, 0.6) is 0 Å². The Morgan fingerprint density at radius 2 is 0.538 bits per heavy atom. The minimum absolute atomic E-state index is 1.03. The predicted molar refractivity (Wildman–Crippen MR) is 327 cm³/mol. The van der Waals surface area contributed by atoms with Crippen LogP contribution in [-0.2, 0) is 0 Å². The van der Waals surface area contributed by atoms with Crippen molar-refractivity contribution in [2.45, 2.75) is 0 Å². The van der Waals surface area contributed by atoms with Crippen LogP contribution in [0.25, 0.3) is 88.4 Å². The molecule has 0 saturated carbocycles. The molecule has 0 unspecified atom stereocenters. The Morgan fingerprint density at radius 1 is 0.218 bits per heavy atom. The molecule has 0 N–H and O–H groups in total. The summed E-state index contributed by atoms with van der Waals surface area (Å²) in [6, 6.07) is 110. The standard InChI is InChI=1S/C72H50N6/c1-7-25-53(26-8-1)73(54-27-9-2-10-28-54)67-43-45-69-63-49-59(39-41-61(63)67)78(72-48-52-24-20-22-38-66(52)76(72)58-35-17-6-18-36-58)70-46-44-68(74(55-29-11-3-12-30-55)56-31-13-4-14-32-56)62-42-40-60(50-64(62)70)77(69)71-47-51-23-19-21-37-65(51)75(71)57-33-15-5-16-34-57/h1-50H. The summed E-state index contributed by atoms with van der Waals surface area (Å²) in [7, 11) is 0. The van der Waals surface area contributed by atoms with Gasteiger partial charge in [0.2, 0.25) is 0 Å². The first-order valence-electron chi connectivity index (χ1n) is 26.6. The van der Waals surface area contributed by atoms with Gasteiger partial charge in [-0.05, 0) is 146 Å². The van der Waals surface area contributed by atoms with Crippen molar-refractivity contribution in [2.75, 3.05) is 9.80 Å². The minimum atomic E-state index is 1.03. The molecule has 0 atom stereocenters. The highest BCUT2D eigenvalue weighted by molar-refractivity contribution is 6.12. The van der Waals surface area contributed by atoms with Gasteiger partial charge in [-0.15, -0.1) is 0 Å². The van der Waals surface area contributed by atoms with E-state index in [1.807, 2.05) is 0 Å². The quantitative estimate of drug-likeness (QED) is 0.136. The molecule has 6 nitrogen and oxygen atoms in total. The van der Waals surface area contributed by atoms with E-state index in [-0.39, 0.29) is 0 Å². The number of aromatic nitrogens is 4. The van der Waals surface area contributed by atoms with Crippen LogP contribution in [0.15, 0.2) is 303 Å². The zero-order chi connectivity index (χ0) is 51.5. The van der Waals surface area contributed by atoms with E-state index in [9.17, 15) is 0 Å². The van der Waals surface area contributed by atoms with Gasteiger partial charge in [0.1, 0.15) is 11.6 Å². The van der Waals surface area contributed by atoms with Crippen LogP contribution in [0.3, 0.4) is 0 Å². The molecular weight excluding hydrogens is 949 g/mol. The van der Waals surface area contributed by atoms with E-state index >= 15 is 0 Å². The monoisotopic (exact) mass is 998 g/mol. The lowest BCUT2D eigenvalue weighted by molar-refractivity contribution is 0.991. The Kier molecular flexibility index (Phi) is 10.7. The van der Waals surface area contributed by atoms with Crippen molar-refractivity contribution in [3.63, 3.8) is 0 Å². The van der Waals surface area contributed by atoms with Crippen LogP contribution >= 0.6 is 0 Å². The number of para-hydroxylation sites is 8. The fraction of sp³-hybridized carbons (Fsp3) is 0. The normalized spacial score (nSPS) is 11.6. The second kappa shape index (κ2) is 18.7. The zero-order valence-electron chi connectivity index (χ0n) is 42.6. The molecular formula is C72H50N6. The van der Waals surface area contributed by atoms with E-state index in [4.69, 9.17) is 0 Å². The van der Waals surface area contributed by atoms with Gasteiger partial charge >= 0.3 is 0 Å². The maximum Gasteiger partial charge on any atom is 0.123 e. The summed E-state index contributed by atoms with van der Waals surface area (Å²) in [4.78, 5) is 4.78. The summed E-state index contributed by atoms with van der Waals surface area (Å²) in [5, 5.41) is 6.72. The van der Waals surface area contributed by atoms with Gasteiger partial charge in [0.25, 0.3) is 0 Å². The molecule has 0 radical (unpaired) electrons. The molecule has 4 bridgehead atoms. The highest BCUT2D eigenvalue weighted by atomic mass is 15.2. The average Bonchev–Trinajstić information content (AvgIpc) is 4.18. The molecule has 0 amide bonds. The topological polar surface area (TPSA) is 26.2 Å². The first-order chi connectivity index (χ1) is 38.7. The van der Waals surface area contributed by atoms with Crippen molar-refractivity contribution in [1.82, 2.24) is 18.3 Å². The Balaban J connectivity index is 1.16. The SMILES string of the molecule is c1ccc(N(c2ccccc2)c2ccc3c4cc(ccc24)n(-c2cc4ccccc4n2-c2ccccc2)c2ccc(N(c4ccccc4)c4ccccc4)c4ccc(cc42)n3-c2cc3ccccc3n2-c2ccccc2)cc1. The molecule has 0 aliphatic heterocycles. The second-order valence-electron chi connectivity index (χ2n) is 19.8. The van der Waals surface area contributed by atoms with E-state index < -0.39 is 0 Å². The molecule has 78 heavy (non-hydrogen) atoms. The summed E-state index contributed by atoms with van der Waals surface area (Å²) in [6.07, 6.45) is 0. The molecule has 0 aliphatic rings. The van der Waals surface area contributed by atoms with Gasteiger partial charge in [-0.2, -0.15) is 0 Å². The molecule has 0 spiro atoms. The number of fused-ring (bicyclic) bond motifs is 4. The number of anilines is 6. The molecule has 6 heteroatoms. The maximum absolute atomic E-state index is 2.50. The fourth-order valence-electron chi connectivity index (χ4n) is 11.9. The van der Waals surface area contributed by atoms with Gasteiger partial charge in [0, 0.05) is 77.5 Å². The summed E-state index contributed by atoms with van der Waals surface area (Å²) in [5.41, 5.74) is 15.0. The first kappa shape index (κ1) is 44.9. The van der Waals surface area contributed by atoms with Crippen molar-refractivity contribution in [1.29, 1.82) is 0 Å². The lowest BCUT2D eigenvalue weighted by atomic mass is 10.0. The molecule has 368 valence electrons. The third-order valence-corrected chi connectivity index (χ3v) is 15.3. The van der Waals surface area contributed by atoms with Gasteiger partial charge in [0.05, 0.1) is 33.4 Å². The number of rotatable bonds is 10. The molecule has 0 fully saturated rings. The maximum atomic E-state index is 2.50. The van der Waals surface area contributed by atoms with Gasteiger partial charge in [0.15, 0.2) is 0 Å². The molecule has 12 aromatic carbocycles. The van der Waals surface area contributed by atoms with Crippen LogP contribution in [-0.4, -0.2) is 18.3 Å². The third kappa shape index (κ3) is 7.41. The predicted octanol–water partition coefficient (Wildman–Crippen LogP) is 19.3. The van der Waals surface area contributed by atoms with Crippen molar-refractivity contribution >= 4 is 99.5 Å². The Labute approximate surface area is 451 Å². The lowest BCUT2D eigenvalue weighted by Crippen LogP contribution is -2.12. The number of hydrogen-bond acceptors (Lipinski definition) is 2. The van der Waals surface area contributed by atoms with E-state index in [1.165, 1.54) is 0 Å². The molecule has 0 saturated heterocycles. The molecule has 3 heterocycles. The highest BCUT2D eigenvalue weighted by Gasteiger charge is 2.24. The summed E-state index contributed by atoms with van der Waals surface area (Å²) < 4.78 is 9.83. The second-order valence-corrected chi connectivity index (χ2v) is 19.8. The van der Waals surface area contributed by atoms with Crippen LogP contribution in [0.2, 0.25) is 0 Å². The number of nitrogens with zero attached hydrogens (tertiary/aromatic N) is 6. The van der Waals surface area contributed by atoms with Crippen LogP contribution < -0.4 is 9.80 Å². The van der Waals surface area contributed by atoms with Gasteiger partial charge in [-0.1, -0.05) is 158 Å². The van der Waals surface area contributed by atoms with Crippen LogP contribution in [0.4, 0.5) is 34.1 Å². The highest BCUT2D eigenvalue weighted by Crippen LogP contribution is 2.45. The number of benzene rings is 12. The molecule has 0 aliphatic carbocycles. The van der Waals surface area contributed by atoms with E-state index in [0.717, 1.165) is 123 Å². The van der Waals surface area contributed by atoms with E-state index in [0.29, 0.717) is 0 Å². The smallest absolute Gasteiger partial charge is 0.123 e. The van der Waals surface area contributed by atoms with Crippen molar-refractivity contribution in [2.24, 2.45) is 0 Å². The summed E-state index contributed by atoms with van der Waals surface area (Å²) in [5.74, 6) is 2.05. The van der Waals surface area contributed by atoms with Crippen LogP contribution in [0, 0.1) is 0 Å². The lowest BCUT2D eigenvalue weighted by Gasteiger charge is -2.28. The van der Waals surface area contributed by atoms with Crippen molar-refractivity contribution < 1.29 is 0 Å². The largest absolute Gasteiger partial charge is 0.310 e. The average molecular weight is 999 g/mol. The van der Waals surface area contributed by atoms with Crippen molar-refractivity contribution in [3.05, 3.63) is 303 Å². The van der Waals surface area contributed by atoms with Crippen molar-refractivity contribution in [3.8, 4) is 23.0 Å². The molecule has 15 aromatic rings. The van der Waals surface area contributed by atoms with Crippen LogP contribution in [0.1, 0.15) is 0 Å². The zero-order valence-corrected chi connectivity index (χ0v) is 42.6. The van der Waals surface area contributed by atoms with Gasteiger partial charge < -0.3 is 9.80 Å². The molecule has 15 rings (SSSR count). The van der Waals surface area contributed by atoms with Gasteiger partial charge in [-0.3, -0.25) is 18.3 Å². The van der Waals surface area contributed by atoms with E-state index in [2.05, 4.69) is 331 Å².